The van der Waals surface area contributed by atoms with Gasteiger partial charge in [-0.05, 0) is 43.2 Å². The highest BCUT2D eigenvalue weighted by atomic mass is 32.1. The van der Waals surface area contributed by atoms with Crippen LogP contribution in [0.15, 0.2) is 18.3 Å². The summed E-state index contributed by atoms with van der Waals surface area (Å²) in [4.78, 5) is 10.7. The molecular formula is C16H20N2OS. The second-order valence-electron chi connectivity index (χ2n) is 5.81. The summed E-state index contributed by atoms with van der Waals surface area (Å²) < 4.78 is 5.15. The number of aromatic nitrogens is 2. The summed E-state index contributed by atoms with van der Waals surface area (Å²) in [5.74, 6) is 0.784. The van der Waals surface area contributed by atoms with Crippen LogP contribution in [0, 0.1) is 5.41 Å². The van der Waals surface area contributed by atoms with E-state index in [1.54, 1.807) is 24.6 Å². The quantitative estimate of drug-likeness (QED) is 0.830. The van der Waals surface area contributed by atoms with E-state index in [4.69, 9.17) is 9.72 Å². The van der Waals surface area contributed by atoms with Gasteiger partial charge in [0.2, 0.25) is 0 Å². The zero-order chi connectivity index (χ0) is 14.2. The van der Waals surface area contributed by atoms with Crippen LogP contribution in [0.1, 0.15) is 37.3 Å². The minimum Gasteiger partial charge on any atom is -0.495 e. The molecule has 20 heavy (non-hydrogen) atoms. The van der Waals surface area contributed by atoms with Crippen molar-refractivity contribution >= 4 is 11.3 Å². The van der Waals surface area contributed by atoms with Gasteiger partial charge in [-0.2, -0.15) is 0 Å². The molecule has 2 aromatic rings. The summed E-state index contributed by atoms with van der Waals surface area (Å²) >= 11 is 1.80. The molecule has 1 saturated carbocycles. The van der Waals surface area contributed by atoms with E-state index >= 15 is 0 Å². The second-order valence-corrected chi connectivity index (χ2v) is 6.90. The molecule has 3 rings (SSSR count). The van der Waals surface area contributed by atoms with Crippen LogP contribution in [0.2, 0.25) is 0 Å². The molecule has 0 aliphatic heterocycles. The van der Waals surface area contributed by atoms with E-state index in [1.807, 2.05) is 12.1 Å². The van der Waals surface area contributed by atoms with E-state index in [0.29, 0.717) is 5.41 Å². The number of hydrogen-bond acceptors (Lipinski definition) is 4. The molecule has 0 bridgehead atoms. The Balaban J connectivity index is 1.89. The summed E-state index contributed by atoms with van der Waals surface area (Å²) in [5.41, 5.74) is 2.72. The van der Waals surface area contributed by atoms with Gasteiger partial charge in [0, 0.05) is 4.88 Å². The first-order chi connectivity index (χ1) is 9.63. The van der Waals surface area contributed by atoms with Gasteiger partial charge in [0.25, 0.3) is 0 Å². The first-order valence-corrected chi connectivity index (χ1v) is 7.94. The minimum absolute atomic E-state index is 0.529. The molecule has 2 heterocycles. The molecule has 1 fully saturated rings. The molecule has 1 aliphatic carbocycles. The number of rotatable bonds is 5. The predicted molar refractivity (Wildman–Crippen MR) is 82.3 cm³/mol. The Morgan fingerprint density at radius 3 is 2.70 bits per heavy atom. The lowest BCUT2D eigenvalue weighted by Crippen LogP contribution is -1.99. The molecule has 0 amide bonds. The van der Waals surface area contributed by atoms with Crippen molar-refractivity contribution in [1.82, 2.24) is 9.97 Å². The van der Waals surface area contributed by atoms with Gasteiger partial charge in [-0.15, -0.1) is 11.3 Å². The summed E-state index contributed by atoms with van der Waals surface area (Å²) in [6.45, 7) is 4.55. The third-order valence-electron chi connectivity index (χ3n) is 4.00. The molecule has 0 spiro atoms. The van der Waals surface area contributed by atoms with Gasteiger partial charge in [0.1, 0.15) is 10.8 Å². The molecule has 0 saturated heterocycles. The number of pyridine rings is 1. The number of methoxy groups -OCH3 is 1. The topological polar surface area (TPSA) is 35.0 Å². The fourth-order valence-electron chi connectivity index (χ4n) is 2.31. The highest BCUT2D eigenvalue weighted by Gasteiger charge is 2.38. The molecule has 0 unspecified atom stereocenters. The van der Waals surface area contributed by atoms with Crippen LogP contribution in [0.25, 0.3) is 10.7 Å². The predicted octanol–water partition coefficient (Wildman–Crippen LogP) is 4.12. The maximum absolute atomic E-state index is 5.15. The Labute approximate surface area is 124 Å². The second kappa shape index (κ2) is 5.17. The zero-order valence-corrected chi connectivity index (χ0v) is 13.1. The summed E-state index contributed by atoms with van der Waals surface area (Å²) in [7, 11) is 1.66. The van der Waals surface area contributed by atoms with Crippen molar-refractivity contribution in [2.45, 2.75) is 39.5 Å². The average Bonchev–Trinajstić information content (AvgIpc) is 3.06. The number of nitrogens with zero attached hydrogens (tertiary/aromatic N) is 2. The molecule has 3 nitrogen and oxygen atoms in total. The molecule has 2 aromatic heterocycles. The van der Waals surface area contributed by atoms with E-state index in [0.717, 1.165) is 22.9 Å². The van der Waals surface area contributed by atoms with Gasteiger partial charge in [-0.25, -0.2) is 9.97 Å². The minimum atomic E-state index is 0.529. The van der Waals surface area contributed by atoms with E-state index in [-0.39, 0.29) is 0 Å². The Hall–Kier alpha value is -1.42. The summed E-state index contributed by atoms with van der Waals surface area (Å²) in [6.07, 6.45) is 6.63. The van der Waals surface area contributed by atoms with Gasteiger partial charge in [0.15, 0.2) is 0 Å². The number of thiazole rings is 1. The van der Waals surface area contributed by atoms with Crippen molar-refractivity contribution in [3.63, 3.8) is 0 Å². The average molecular weight is 288 g/mol. The summed E-state index contributed by atoms with van der Waals surface area (Å²) in [6, 6.07) is 3.93. The maximum atomic E-state index is 5.15. The van der Waals surface area contributed by atoms with Gasteiger partial charge < -0.3 is 4.74 Å². The van der Waals surface area contributed by atoms with Gasteiger partial charge >= 0.3 is 0 Å². The standard InChI is InChI=1S/C16H20N2OS/c1-4-12-14(9-16(2)7-8-16)20-15(18-12)13-6-5-11(19-3)10-17-13/h5-6,10H,4,7-9H2,1-3H3. The van der Waals surface area contributed by atoms with Crippen molar-refractivity contribution < 1.29 is 4.74 Å². The van der Waals surface area contributed by atoms with Crippen LogP contribution >= 0.6 is 11.3 Å². The van der Waals surface area contributed by atoms with E-state index < -0.39 is 0 Å². The highest BCUT2D eigenvalue weighted by molar-refractivity contribution is 7.15. The lowest BCUT2D eigenvalue weighted by atomic mass is 10.0. The molecule has 4 heteroatoms. The van der Waals surface area contributed by atoms with E-state index in [2.05, 4.69) is 18.8 Å². The molecule has 106 valence electrons. The fourth-order valence-corrected chi connectivity index (χ4v) is 3.66. The Kier molecular flexibility index (Phi) is 3.50. The molecule has 0 N–H and O–H groups in total. The SMILES string of the molecule is CCc1nc(-c2ccc(OC)cn2)sc1CC1(C)CC1. The van der Waals surface area contributed by atoms with Crippen LogP contribution in [0.3, 0.4) is 0 Å². The smallest absolute Gasteiger partial charge is 0.142 e. The summed E-state index contributed by atoms with van der Waals surface area (Å²) in [5, 5.41) is 1.03. The normalized spacial score (nSPS) is 16.1. The lowest BCUT2D eigenvalue weighted by molar-refractivity contribution is 0.413. The van der Waals surface area contributed by atoms with Crippen LogP contribution in [0.4, 0.5) is 0 Å². The monoisotopic (exact) mass is 288 g/mol. The zero-order valence-electron chi connectivity index (χ0n) is 12.3. The van der Waals surface area contributed by atoms with E-state index in [9.17, 15) is 0 Å². The van der Waals surface area contributed by atoms with Gasteiger partial charge in [-0.3, -0.25) is 0 Å². The number of aryl methyl sites for hydroxylation is 1. The molecule has 0 aromatic carbocycles. The highest BCUT2D eigenvalue weighted by Crippen LogP contribution is 2.49. The third kappa shape index (κ3) is 2.70. The van der Waals surface area contributed by atoms with E-state index in [1.165, 1.54) is 29.8 Å². The lowest BCUT2D eigenvalue weighted by Gasteiger charge is -2.06. The molecule has 0 atom stereocenters. The van der Waals surface area contributed by atoms with Crippen molar-refractivity contribution in [2.75, 3.05) is 7.11 Å². The van der Waals surface area contributed by atoms with Crippen LogP contribution in [-0.4, -0.2) is 17.1 Å². The van der Waals surface area contributed by atoms with Crippen molar-refractivity contribution in [3.8, 4) is 16.5 Å². The fraction of sp³-hybridized carbons (Fsp3) is 0.500. The van der Waals surface area contributed by atoms with Crippen molar-refractivity contribution in [3.05, 3.63) is 28.9 Å². The third-order valence-corrected chi connectivity index (χ3v) is 5.12. The first kappa shape index (κ1) is 13.6. The maximum Gasteiger partial charge on any atom is 0.142 e. The van der Waals surface area contributed by atoms with Gasteiger partial charge in [-0.1, -0.05) is 13.8 Å². The van der Waals surface area contributed by atoms with Crippen LogP contribution < -0.4 is 4.74 Å². The van der Waals surface area contributed by atoms with Gasteiger partial charge in [0.05, 0.1) is 24.7 Å². The largest absolute Gasteiger partial charge is 0.495 e. The molecule has 1 aliphatic rings. The number of hydrogen-bond donors (Lipinski definition) is 0. The Morgan fingerprint density at radius 2 is 2.15 bits per heavy atom. The van der Waals surface area contributed by atoms with Crippen LogP contribution in [0.5, 0.6) is 5.75 Å². The first-order valence-electron chi connectivity index (χ1n) is 7.12. The number of ether oxygens (including phenoxy) is 1. The molecule has 0 radical (unpaired) electrons. The van der Waals surface area contributed by atoms with Crippen molar-refractivity contribution in [2.24, 2.45) is 5.41 Å². The van der Waals surface area contributed by atoms with Crippen LogP contribution in [-0.2, 0) is 12.8 Å². The van der Waals surface area contributed by atoms with Crippen molar-refractivity contribution in [1.29, 1.82) is 0 Å². The Morgan fingerprint density at radius 1 is 1.35 bits per heavy atom. The molecular weight excluding hydrogens is 268 g/mol. The Bertz CT molecular complexity index is 599.